The highest BCUT2D eigenvalue weighted by Gasteiger charge is 2.19. The molecule has 0 bridgehead atoms. The predicted molar refractivity (Wildman–Crippen MR) is 247 cm³/mol. The Morgan fingerprint density at radius 1 is 0.381 bits per heavy atom. The number of rotatable bonds is 7. The minimum absolute atomic E-state index is 0. The van der Waals surface area contributed by atoms with Crippen LogP contribution < -0.4 is 5.46 Å². The topological polar surface area (TPSA) is 188 Å². The monoisotopic (exact) mass is 930 g/mol. The molecule has 1 heterocycles. The zero-order valence-electron chi connectivity index (χ0n) is 32.8. The summed E-state index contributed by atoms with van der Waals surface area (Å²) in [6.07, 6.45) is 0. The molecule has 0 aromatic heterocycles. The Bertz CT molecular complexity index is 2520. The van der Waals surface area contributed by atoms with Crippen molar-refractivity contribution in [3.63, 3.8) is 0 Å². The number of phenols is 3. The Morgan fingerprint density at radius 2 is 0.603 bits per heavy atom. The Hall–Kier alpha value is -5.68. The van der Waals surface area contributed by atoms with E-state index in [0.29, 0.717) is 15.5 Å². The first-order chi connectivity index (χ1) is 29.6. The van der Waals surface area contributed by atoms with E-state index in [2.05, 4.69) is 0 Å². The van der Waals surface area contributed by atoms with Gasteiger partial charge < -0.3 is 34.8 Å². The van der Waals surface area contributed by atoms with Crippen molar-refractivity contribution in [3.05, 3.63) is 180 Å². The van der Waals surface area contributed by atoms with Crippen molar-refractivity contribution in [1.82, 2.24) is 0 Å². The molecule has 1 saturated heterocycles. The van der Waals surface area contributed by atoms with Crippen LogP contribution in [0.2, 0.25) is 10.0 Å². The Kier molecular flexibility index (Phi) is 18.8. The Labute approximate surface area is 378 Å². The first kappa shape index (κ1) is 50.0. The average Bonchev–Trinajstić information content (AvgIpc) is 3.29. The summed E-state index contributed by atoms with van der Waals surface area (Å²) in [6.45, 7) is 3.11. The maximum Gasteiger partial charge on any atom is 0.488 e. The van der Waals surface area contributed by atoms with E-state index in [4.69, 9.17) is 47.8 Å². The number of halogens is 2. The largest absolute Gasteiger partial charge is 0.508 e. The minimum Gasteiger partial charge on any atom is -0.508 e. The minimum atomic E-state index is -3.63. The lowest BCUT2D eigenvalue weighted by Crippen LogP contribution is -2.29. The molecule has 0 radical (unpaired) electrons. The van der Waals surface area contributed by atoms with Crippen LogP contribution in [0.15, 0.2) is 189 Å². The number of benzene rings is 7. The lowest BCUT2D eigenvalue weighted by molar-refractivity contribution is -0.0334. The van der Waals surface area contributed by atoms with Crippen LogP contribution in [-0.4, -0.2) is 75.7 Å². The molecule has 0 aliphatic carbocycles. The zero-order chi connectivity index (χ0) is 44.7. The van der Waals surface area contributed by atoms with Gasteiger partial charge in [-0.3, -0.25) is 0 Å². The van der Waals surface area contributed by atoms with Crippen LogP contribution in [0.3, 0.4) is 0 Å². The average molecular weight is 932 g/mol. The molecule has 7 aromatic rings. The smallest absolute Gasteiger partial charge is 0.488 e. The van der Waals surface area contributed by atoms with Crippen molar-refractivity contribution >= 4 is 55.5 Å². The second-order valence-corrected chi connectivity index (χ2v) is 18.0. The van der Waals surface area contributed by atoms with Gasteiger partial charge in [-0.25, -0.2) is 16.8 Å². The first-order valence-corrected chi connectivity index (χ1v) is 22.5. The summed E-state index contributed by atoms with van der Waals surface area (Å²) in [5, 5.41) is 45.7. The summed E-state index contributed by atoms with van der Waals surface area (Å²) in [6, 6.07) is 44.6. The van der Waals surface area contributed by atoms with Gasteiger partial charge in [0, 0.05) is 10.0 Å². The van der Waals surface area contributed by atoms with E-state index in [1.807, 2.05) is 0 Å². The van der Waals surface area contributed by atoms with E-state index in [1.165, 1.54) is 48.5 Å². The quantitative estimate of drug-likeness (QED) is 0.0962. The van der Waals surface area contributed by atoms with E-state index in [0.717, 1.165) is 48.7 Å². The lowest BCUT2D eigenvalue weighted by Gasteiger charge is -2.09. The van der Waals surface area contributed by atoms with Gasteiger partial charge in [0.25, 0.3) is 0 Å². The maximum absolute atomic E-state index is 13.0. The number of hydrogen-bond acceptors (Lipinski definition) is 11. The molecule has 0 spiro atoms. The van der Waals surface area contributed by atoms with Crippen LogP contribution in [0.1, 0.15) is 7.43 Å². The third-order valence-electron chi connectivity index (χ3n) is 8.91. The van der Waals surface area contributed by atoms with Crippen molar-refractivity contribution in [2.24, 2.45) is 0 Å². The summed E-state index contributed by atoms with van der Waals surface area (Å²) in [4.78, 5) is 0.864. The Morgan fingerprint density at radius 3 is 0.841 bits per heavy atom. The molecular weight excluding hydrogens is 886 g/mol. The van der Waals surface area contributed by atoms with Gasteiger partial charge in [0.15, 0.2) is 0 Å². The van der Waals surface area contributed by atoms with Gasteiger partial charge >= 0.3 is 7.12 Å². The molecule has 8 rings (SSSR count). The number of aromatic hydroxyl groups is 3. The second-order valence-electron chi connectivity index (χ2n) is 13.2. The maximum atomic E-state index is 13.0. The van der Waals surface area contributed by atoms with Gasteiger partial charge in [0.2, 0.25) is 19.7 Å². The first-order valence-electron chi connectivity index (χ1n) is 18.7. The van der Waals surface area contributed by atoms with E-state index in [-0.39, 0.29) is 44.3 Å². The normalized spacial score (nSPS) is 12.1. The summed E-state index contributed by atoms with van der Waals surface area (Å²) in [5.74, 6) is 0.483. The van der Waals surface area contributed by atoms with E-state index >= 15 is 0 Å². The number of phenolic OH excluding ortho intramolecular Hbond substituents is 3. The summed E-state index contributed by atoms with van der Waals surface area (Å²) >= 11 is 11.4. The highest BCUT2D eigenvalue weighted by molar-refractivity contribution is 7.91. The van der Waals surface area contributed by atoms with Crippen molar-refractivity contribution in [1.29, 1.82) is 0 Å². The van der Waals surface area contributed by atoms with Crippen LogP contribution in [-0.2, 0) is 29.1 Å². The van der Waals surface area contributed by atoms with E-state index in [9.17, 15) is 27.0 Å². The predicted octanol–water partition coefficient (Wildman–Crippen LogP) is 8.83. The molecule has 11 nitrogen and oxygen atoms in total. The second kappa shape index (κ2) is 23.7. The Balaban J connectivity index is 0.000000215. The van der Waals surface area contributed by atoms with Gasteiger partial charge in [-0.1, -0.05) is 91.3 Å². The van der Waals surface area contributed by atoms with Gasteiger partial charge in [0.1, 0.15) is 17.2 Å². The third-order valence-corrected chi connectivity index (χ3v) is 13.0. The van der Waals surface area contributed by atoms with E-state index < -0.39 is 26.8 Å². The van der Waals surface area contributed by atoms with Crippen LogP contribution in [0, 0.1) is 0 Å². The highest BCUT2D eigenvalue weighted by atomic mass is 35.5. The van der Waals surface area contributed by atoms with Crippen LogP contribution in [0.25, 0.3) is 22.3 Å². The standard InChI is InChI=1S/C24H18O4S.C12H8Cl2O2S.C6H7BO3.C4H8O2.CH4/c25-21-9-1-17(2-10-21)19-5-13-23(14-6-19)29(27,28)24-15-7-20(8-16-24)18-3-11-22(26)12-4-18;13-9-1-5-11(6-2-9)17(15,16)12-7-3-10(14)4-8-12;8-6-3-1-5(2-4-6)7(9)10;1-2-6-4-3-5-1;/h1-16,25-26H;1-8H;1-4,8-10H;1-4H2;1H4. The summed E-state index contributed by atoms with van der Waals surface area (Å²) in [5.41, 5.74) is 3.89. The molecule has 0 amide bonds. The fraction of sp³-hybridized carbons (Fsp3) is 0.106. The van der Waals surface area contributed by atoms with Crippen molar-refractivity contribution in [2.75, 3.05) is 26.4 Å². The molecule has 0 atom stereocenters. The van der Waals surface area contributed by atoms with Gasteiger partial charge in [0.05, 0.1) is 46.0 Å². The van der Waals surface area contributed by atoms with Crippen molar-refractivity contribution in [2.45, 2.75) is 27.0 Å². The molecule has 5 N–H and O–H groups in total. The van der Waals surface area contributed by atoms with Crippen LogP contribution >= 0.6 is 23.2 Å². The molecule has 7 aromatic carbocycles. The summed E-state index contributed by atoms with van der Waals surface area (Å²) in [7, 11) is -8.58. The fourth-order valence-corrected chi connectivity index (χ4v) is 8.32. The van der Waals surface area contributed by atoms with Crippen molar-refractivity contribution < 1.29 is 51.7 Å². The number of ether oxygens (including phenoxy) is 2. The fourth-order valence-electron chi connectivity index (χ4n) is 5.55. The van der Waals surface area contributed by atoms with Gasteiger partial charge in [-0.15, -0.1) is 0 Å². The van der Waals surface area contributed by atoms with Crippen LogP contribution in [0.4, 0.5) is 0 Å². The molecule has 1 aliphatic heterocycles. The molecule has 328 valence electrons. The van der Waals surface area contributed by atoms with Gasteiger partial charge in [-0.2, -0.15) is 0 Å². The molecule has 0 saturated carbocycles. The van der Waals surface area contributed by atoms with Gasteiger partial charge in [-0.05, 0) is 137 Å². The van der Waals surface area contributed by atoms with Crippen molar-refractivity contribution in [3.8, 4) is 39.5 Å². The summed E-state index contributed by atoms with van der Waals surface area (Å²) < 4.78 is 60.1. The zero-order valence-corrected chi connectivity index (χ0v) is 36.0. The number of sulfone groups is 2. The van der Waals surface area contributed by atoms with E-state index in [1.54, 1.807) is 121 Å². The molecule has 16 heteroatoms. The molecular formula is C47H45BCl2O11S2. The number of hydrogen-bond donors (Lipinski definition) is 5. The SMILES string of the molecule is C.C1COCCO1.O=S(=O)(c1ccc(-c2ccc(O)cc2)cc1)c1ccc(-c2ccc(O)cc2)cc1.O=S(=O)(c1ccc(Cl)cc1)c1ccc(Cl)cc1.OB(O)c1ccc(O)cc1. The third kappa shape index (κ3) is 14.7. The van der Waals surface area contributed by atoms with Crippen LogP contribution in [0.5, 0.6) is 17.2 Å². The molecule has 0 unspecified atom stereocenters. The highest BCUT2D eigenvalue weighted by Crippen LogP contribution is 2.29. The molecule has 63 heavy (non-hydrogen) atoms. The lowest BCUT2D eigenvalue weighted by atomic mass is 9.80. The molecule has 1 aliphatic rings. The molecule has 1 fully saturated rings.